The normalized spacial score (nSPS) is 28.4. The molecule has 2 saturated heterocycles. The van der Waals surface area contributed by atoms with Crippen LogP contribution in [0.15, 0.2) is 29.3 Å². The van der Waals surface area contributed by atoms with Gasteiger partial charge in [-0.2, -0.15) is 0 Å². The minimum Gasteiger partial charge on any atom is -0.379 e. The minimum absolute atomic E-state index is 0.108. The Bertz CT molecular complexity index is 657. The highest BCUT2D eigenvalue weighted by atomic mass is 16.5. The average molecular weight is 342 g/mol. The van der Waals surface area contributed by atoms with Crippen molar-refractivity contribution in [3.63, 3.8) is 0 Å². The van der Waals surface area contributed by atoms with Crippen LogP contribution in [-0.2, 0) is 14.9 Å². The van der Waals surface area contributed by atoms with E-state index < -0.39 is 0 Å². The summed E-state index contributed by atoms with van der Waals surface area (Å²) < 4.78 is 5.35. The molecule has 1 amide bonds. The van der Waals surface area contributed by atoms with Crippen LogP contribution in [0.5, 0.6) is 0 Å². The van der Waals surface area contributed by atoms with Crippen LogP contribution in [0.1, 0.15) is 18.4 Å². The Hall–Kier alpha value is -1.76. The summed E-state index contributed by atoms with van der Waals surface area (Å²) in [5.41, 5.74) is 2.16. The van der Waals surface area contributed by atoms with Crippen molar-refractivity contribution in [1.29, 1.82) is 0 Å². The second-order valence-electron chi connectivity index (χ2n) is 7.17. The molecule has 4 rings (SSSR count). The van der Waals surface area contributed by atoms with Gasteiger partial charge in [-0.1, -0.05) is 18.2 Å². The summed E-state index contributed by atoms with van der Waals surface area (Å²) in [6.07, 6.45) is 3.78. The van der Waals surface area contributed by atoms with E-state index in [-0.39, 0.29) is 17.4 Å². The molecule has 0 aromatic heterocycles. The molecule has 6 nitrogen and oxygen atoms in total. The average Bonchev–Trinajstić information content (AvgIpc) is 3.25. The Morgan fingerprint density at radius 1 is 1.36 bits per heavy atom. The lowest BCUT2D eigenvalue weighted by atomic mass is 9.80. The third-order valence-corrected chi connectivity index (χ3v) is 5.49. The highest BCUT2D eigenvalue weighted by Crippen LogP contribution is 2.41. The predicted octanol–water partition coefficient (Wildman–Crippen LogP) is 0.841. The van der Waals surface area contributed by atoms with Crippen molar-refractivity contribution in [2.45, 2.75) is 24.3 Å². The maximum absolute atomic E-state index is 12.5. The molecule has 2 unspecified atom stereocenters. The summed E-state index contributed by atoms with van der Waals surface area (Å²) in [7, 11) is 0. The van der Waals surface area contributed by atoms with Gasteiger partial charge < -0.3 is 15.4 Å². The molecule has 25 heavy (non-hydrogen) atoms. The molecule has 2 atom stereocenters. The first kappa shape index (κ1) is 16.7. The van der Waals surface area contributed by atoms with Gasteiger partial charge in [0.1, 0.15) is 0 Å². The first-order valence-corrected chi connectivity index (χ1v) is 9.23. The molecule has 0 aliphatic carbocycles. The van der Waals surface area contributed by atoms with Gasteiger partial charge in [-0.3, -0.25) is 14.7 Å². The van der Waals surface area contributed by atoms with Gasteiger partial charge in [-0.15, -0.1) is 0 Å². The number of amides is 1. The first-order valence-electron chi connectivity index (χ1n) is 9.23. The molecule has 1 aromatic rings. The fourth-order valence-electron chi connectivity index (χ4n) is 4.03. The van der Waals surface area contributed by atoms with Gasteiger partial charge in [0, 0.05) is 37.8 Å². The van der Waals surface area contributed by atoms with Gasteiger partial charge in [0.15, 0.2) is 0 Å². The topological polar surface area (TPSA) is 66.0 Å². The van der Waals surface area contributed by atoms with Gasteiger partial charge in [-0.05, 0) is 31.0 Å². The van der Waals surface area contributed by atoms with Crippen LogP contribution in [0.4, 0.5) is 5.69 Å². The van der Waals surface area contributed by atoms with E-state index in [0.29, 0.717) is 0 Å². The molecule has 0 saturated carbocycles. The molecule has 3 heterocycles. The Balaban J connectivity index is 1.25. The number of morpholine rings is 1. The first-order chi connectivity index (χ1) is 12.3. The second kappa shape index (κ2) is 7.23. The third kappa shape index (κ3) is 3.47. The number of rotatable bonds is 5. The van der Waals surface area contributed by atoms with Crippen molar-refractivity contribution in [2.75, 3.05) is 45.9 Å². The number of hydrogen-bond donors (Lipinski definition) is 2. The quantitative estimate of drug-likeness (QED) is 0.779. The molecule has 134 valence electrons. The summed E-state index contributed by atoms with van der Waals surface area (Å²) in [4.78, 5) is 19.4. The van der Waals surface area contributed by atoms with Gasteiger partial charge in [0.05, 0.1) is 24.9 Å². The molecule has 3 aliphatic heterocycles. The second-order valence-corrected chi connectivity index (χ2v) is 7.17. The number of aliphatic imine (C=N–C) groups is 1. The molecule has 1 spiro atoms. The zero-order chi connectivity index (χ0) is 17.1. The molecule has 2 N–H and O–H groups in total. The lowest BCUT2D eigenvalue weighted by Crippen LogP contribution is -2.42. The monoisotopic (exact) mass is 342 g/mol. The van der Waals surface area contributed by atoms with Crippen molar-refractivity contribution < 1.29 is 9.53 Å². The van der Waals surface area contributed by atoms with Crippen LogP contribution in [0, 0.1) is 0 Å². The van der Waals surface area contributed by atoms with Crippen LogP contribution in [0.25, 0.3) is 0 Å². The van der Waals surface area contributed by atoms with Gasteiger partial charge >= 0.3 is 0 Å². The van der Waals surface area contributed by atoms with Crippen LogP contribution < -0.4 is 10.6 Å². The van der Waals surface area contributed by atoms with Crippen molar-refractivity contribution >= 4 is 17.8 Å². The molecular formula is C19H26N4O2. The Kier molecular flexibility index (Phi) is 4.83. The number of carbonyl (C=O) groups excluding carboxylic acids is 1. The summed E-state index contributed by atoms with van der Waals surface area (Å²) in [6, 6.07) is 8.09. The summed E-state index contributed by atoms with van der Waals surface area (Å²) in [5.74, 6) is 0.108. The van der Waals surface area contributed by atoms with Gasteiger partial charge in [0.25, 0.3) is 0 Å². The van der Waals surface area contributed by atoms with E-state index in [0.717, 1.165) is 64.5 Å². The molecule has 1 aromatic carbocycles. The maximum atomic E-state index is 12.5. The minimum atomic E-state index is -0.138. The molecule has 0 radical (unpaired) electrons. The van der Waals surface area contributed by atoms with E-state index in [1.165, 1.54) is 5.56 Å². The maximum Gasteiger partial charge on any atom is 0.237 e. The molecule has 0 bridgehead atoms. The fraction of sp³-hybridized carbons (Fsp3) is 0.579. The van der Waals surface area contributed by atoms with Crippen LogP contribution in [0.3, 0.4) is 0 Å². The number of para-hydroxylation sites is 1. The summed E-state index contributed by atoms with van der Waals surface area (Å²) >= 11 is 0. The van der Waals surface area contributed by atoms with Gasteiger partial charge in [-0.25, -0.2) is 0 Å². The molecule has 3 aliphatic rings. The van der Waals surface area contributed by atoms with Crippen molar-refractivity contribution in [1.82, 2.24) is 15.5 Å². The van der Waals surface area contributed by atoms with Crippen molar-refractivity contribution in [3.05, 3.63) is 29.8 Å². The van der Waals surface area contributed by atoms with Gasteiger partial charge in [0.2, 0.25) is 5.91 Å². The third-order valence-electron chi connectivity index (χ3n) is 5.49. The van der Waals surface area contributed by atoms with E-state index in [1.54, 1.807) is 0 Å². The zero-order valence-corrected chi connectivity index (χ0v) is 14.5. The molecule has 6 heteroatoms. The van der Waals surface area contributed by atoms with E-state index in [9.17, 15) is 4.79 Å². The van der Waals surface area contributed by atoms with E-state index in [1.807, 2.05) is 24.4 Å². The number of nitrogens with one attached hydrogen (secondary N) is 2. The number of carbonyl (C=O) groups is 1. The standard InChI is InChI=1S/C19H26N4O2/c24-18(20-6-3-7-23-8-10-25-11-9-23)17-12-19(14-22-17)13-21-16-5-2-1-4-15(16)19/h1-2,4-5,13,17,22H,3,6-12,14H2,(H,20,24). The lowest BCUT2D eigenvalue weighted by Gasteiger charge is -2.26. The summed E-state index contributed by atoms with van der Waals surface area (Å²) in [5, 5.41) is 6.48. The number of hydrogen-bond acceptors (Lipinski definition) is 5. The Morgan fingerprint density at radius 2 is 2.20 bits per heavy atom. The highest BCUT2D eigenvalue weighted by molar-refractivity contribution is 5.89. The zero-order valence-electron chi connectivity index (χ0n) is 14.5. The van der Waals surface area contributed by atoms with Crippen molar-refractivity contribution in [2.24, 2.45) is 4.99 Å². The van der Waals surface area contributed by atoms with Crippen LogP contribution >= 0.6 is 0 Å². The largest absolute Gasteiger partial charge is 0.379 e. The van der Waals surface area contributed by atoms with E-state index in [4.69, 9.17) is 4.74 Å². The van der Waals surface area contributed by atoms with Crippen molar-refractivity contribution in [3.8, 4) is 0 Å². The highest BCUT2D eigenvalue weighted by Gasteiger charge is 2.45. The van der Waals surface area contributed by atoms with E-state index in [2.05, 4.69) is 26.6 Å². The predicted molar refractivity (Wildman–Crippen MR) is 97.6 cm³/mol. The smallest absolute Gasteiger partial charge is 0.237 e. The number of nitrogens with zero attached hydrogens (tertiary/aromatic N) is 2. The van der Waals surface area contributed by atoms with Crippen LogP contribution in [-0.4, -0.2) is 69.0 Å². The Morgan fingerprint density at radius 3 is 3.08 bits per heavy atom. The number of fused-ring (bicyclic) bond motifs is 2. The van der Waals surface area contributed by atoms with Crippen LogP contribution in [0.2, 0.25) is 0 Å². The molecular weight excluding hydrogens is 316 g/mol. The number of ether oxygens (including phenoxy) is 1. The Labute approximate surface area is 148 Å². The van der Waals surface area contributed by atoms with E-state index >= 15 is 0 Å². The number of benzene rings is 1. The lowest BCUT2D eigenvalue weighted by molar-refractivity contribution is -0.122. The SMILES string of the molecule is O=C(NCCCN1CCOCC1)C1CC2(C=Nc3ccccc32)CN1. The molecule has 2 fully saturated rings. The fourth-order valence-corrected chi connectivity index (χ4v) is 4.03. The summed E-state index contributed by atoms with van der Waals surface area (Å²) in [6.45, 7) is 6.17.